The highest BCUT2D eigenvalue weighted by Crippen LogP contribution is 2.24. The Morgan fingerprint density at radius 2 is 2.06 bits per heavy atom. The molecule has 0 fully saturated rings. The highest BCUT2D eigenvalue weighted by atomic mass is 32.2. The Bertz CT molecular complexity index is 677. The number of nitrogens with one attached hydrogen (secondary N) is 1. The van der Waals surface area contributed by atoms with Gasteiger partial charge in [-0.2, -0.15) is 0 Å². The van der Waals surface area contributed by atoms with Crippen molar-refractivity contribution in [2.75, 3.05) is 10.5 Å². The van der Waals surface area contributed by atoms with Crippen LogP contribution in [0, 0.1) is 13.8 Å². The fourth-order valence-electron chi connectivity index (χ4n) is 1.48. The molecule has 0 saturated heterocycles. The molecule has 3 N–H and O–H groups in total. The molecular formula is C11H13N3O2S2. The zero-order valence-electron chi connectivity index (χ0n) is 9.97. The summed E-state index contributed by atoms with van der Waals surface area (Å²) in [6, 6.07) is 4.79. The average molecular weight is 283 g/mol. The maximum absolute atomic E-state index is 12.2. The second kappa shape index (κ2) is 4.58. The molecule has 0 aliphatic heterocycles. The minimum atomic E-state index is -3.64. The summed E-state index contributed by atoms with van der Waals surface area (Å²) in [6.45, 7) is 3.59. The molecule has 0 radical (unpaired) electrons. The van der Waals surface area contributed by atoms with E-state index in [9.17, 15) is 8.42 Å². The summed E-state index contributed by atoms with van der Waals surface area (Å²) >= 11 is 1.29. The highest BCUT2D eigenvalue weighted by Gasteiger charge is 2.18. The van der Waals surface area contributed by atoms with Gasteiger partial charge in [0.1, 0.15) is 0 Å². The van der Waals surface area contributed by atoms with Crippen LogP contribution in [0.4, 0.5) is 10.8 Å². The van der Waals surface area contributed by atoms with Crippen LogP contribution in [0.25, 0.3) is 0 Å². The minimum Gasteiger partial charge on any atom is -0.399 e. The van der Waals surface area contributed by atoms with E-state index in [0.717, 1.165) is 4.88 Å². The molecule has 1 heterocycles. The fourth-order valence-corrected chi connectivity index (χ4v) is 3.67. The van der Waals surface area contributed by atoms with Crippen molar-refractivity contribution in [3.05, 3.63) is 34.8 Å². The molecule has 1 aromatic carbocycles. The van der Waals surface area contributed by atoms with Gasteiger partial charge in [0.2, 0.25) is 0 Å². The number of hydrogen-bond donors (Lipinski definition) is 2. The van der Waals surface area contributed by atoms with E-state index >= 15 is 0 Å². The van der Waals surface area contributed by atoms with Crippen molar-refractivity contribution >= 4 is 32.2 Å². The van der Waals surface area contributed by atoms with E-state index in [0.29, 0.717) is 16.4 Å². The molecule has 18 heavy (non-hydrogen) atoms. The molecule has 0 aliphatic carbocycles. The Morgan fingerprint density at radius 3 is 2.67 bits per heavy atom. The van der Waals surface area contributed by atoms with Crippen LogP contribution >= 0.6 is 11.3 Å². The summed E-state index contributed by atoms with van der Waals surface area (Å²) in [5.74, 6) is 0. The third-order valence-corrected chi connectivity index (χ3v) is 4.78. The summed E-state index contributed by atoms with van der Waals surface area (Å²) in [5, 5.41) is 0.356. The largest absolute Gasteiger partial charge is 0.399 e. The first-order valence-corrected chi connectivity index (χ1v) is 7.50. The molecule has 0 aliphatic rings. The summed E-state index contributed by atoms with van der Waals surface area (Å²) < 4.78 is 26.8. The van der Waals surface area contributed by atoms with E-state index in [-0.39, 0.29) is 4.90 Å². The normalized spacial score (nSPS) is 11.4. The van der Waals surface area contributed by atoms with Crippen LogP contribution in [0.5, 0.6) is 0 Å². The smallest absolute Gasteiger partial charge is 0.264 e. The number of aryl methyl sites for hydroxylation is 2. The van der Waals surface area contributed by atoms with Crippen molar-refractivity contribution in [3.8, 4) is 0 Å². The van der Waals surface area contributed by atoms with Gasteiger partial charge in [0, 0.05) is 16.8 Å². The Morgan fingerprint density at radius 1 is 1.33 bits per heavy atom. The summed E-state index contributed by atoms with van der Waals surface area (Å²) in [5.41, 5.74) is 6.67. The van der Waals surface area contributed by atoms with Gasteiger partial charge in [0.25, 0.3) is 10.0 Å². The van der Waals surface area contributed by atoms with Gasteiger partial charge in [-0.15, -0.1) is 11.3 Å². The zero-order valence-corrected chi connectivity index (χ0v) is 11.6. The van der Waals surface area contributed by atoms with Crippen LogP contribution < -0.4 is 10.5 Å². The van der Waals surface area contributed by atoms with Gasteiger partial charge in [0.15, 0.2) is 5.13 Å². The number of anilines is 2. The van der Waals surface area contributed by atoms with Crippen LogP contribution in [0.1, 0.15) is 10.4 Å². The Balaban J connectivity index is 2.39. The second-order valence-corrected chi connectivity index (χ2v) is 6.79. The van der Waals surface area contributed by atoms with Crippen molar-refractivity contribution in [1.82, 2.24) is 4.98 Å². The Hall–Kier alpha value is -1.60. The number of nitrogen functional groups attached to an aromatic ring is 1. The number of thiazole rings is 1. The summed E-state index contributed by atoms with van der Waals surface area (Å²) in [7, 11) is -3.64. The summed E-state index contributed by atoms with van der Waals surface area (Å²) in [6.07, 6.45) is 1.62. The van der Waals surface area contributed by atoms with Crippen LogP contribution in [-0.4, -0.2) is 13.4 Å². The number of nitrogens with two attached hydrogens (primary N) is 1. The van der Waals surface area contributed by atoms with E-state index in [2.05, 4.69) is 9.71 Å². The molecule has 0 unspecified atom stereocenters. The van der Waals surface area contributed by atoms with Crippen molar-refractivity contribution in [2.24, 2.45) is 0 Å². The molecule has 1 aromatic heterocycles. The monoisotopic (exact) mass is 283 g/mol. The van der Waals surface area contributed by atoms with Crippen LogP contribution in [0.15, 0.2) is 29.3 Å². The van der Waals surface area contributed by atoms with E-state index < -0.39 is 10.0 Å². The van der Waals surface area contributed by atoms with E-state index in [4.69, 9.17) is 5.73 Å². The molecule has 0 saturated carbocycles. The second-order valence-electron chi connectivity index (χ2n) is 3.91. The van der Waals surface area contributed by atoms with Gasteiger partial charge in [-0.3, -0.25) is 4.72 Å². The van der Waals surface area contributed by atoms with Gasteiger partial charge in [0.05, 0.1) is 4.90 Å². The first-order valence-electron chi connectivity index (χ1n) is 5.20. The molecule has 0 amide bonds. The van der Waals surface area contributed by atoms with Gasteiger partial charge in [-0.1, -0.05) is 6.07 Å². The Kier molecular flexibility index (Phi) is 3.27. The standard InChI is InChI=1S/C11H13N3O2S2/c1-7-3-4-9(12)5-10(7)18(15,16)14-11-13-6-8(2)17-11/h3-6H,12H2,1-2H3,(H,13,14). The number of sulfonamides is 1. The van der Waals surface area contributed by atoms with Crippen LogP contribution in [-0.2, 0) is 10.0 Å². The first-order chi connectivity index (χ1) is 8.38. The topological polar surface area (TPSA) is 85.1 Å². The zero-order chi connectivity index (χ0) is 13.3. The van der Waals surface area contributed by atoms with E-state index in [1.165, 1.54) is 17.4 Å². The number of nitrogens with zero attached hydrogens (tertiary/aromatic N) is 1. The molecule has 0 bridgehead atoms. The lowest BCUT2D eigenvalue weighted by Gasteiger charge is -2.08. The lowest BCUT2D eigenvalue weighted by molar-refractivity contribution is 0.600. The molecule has 7 heteroatoms. The van der Waals surface area contributed by atoms with E-state index in [1.54, 1.807) is 25.3 Å². The predicted octanol–water partition coefficient (Wildman–Crippen LogP) is 2.14. The van der Waals surface area contributed by atoms with Crippen LogP contribution in [0.3, 0.4) is 0 Å². The third-order valence-electron chi connectivity index (χ3n) is 2.34. The first kappa shape index (κ1) is 12.8. The van der Waals surface area contributed by atoms with Crippen molar-refractivity contribution in [2.45, 2.75) is 18.7 Å². The molecule has 0 atom stereocenters. The third kappa shape index (κ3) is 2.62. The van der Waals surface area contributed by atoms with E-state index in [1.807, 2.05) is 6.92 Å². The van der Waals surface area contributed by atoms with Crippen molar-refractivity contribution < 1.29 is 8.42 Å². The van der Waals surface area contributed by atoms with Crippen LogP contribution in [0.2, 0.25) is 0 Å². The molecule has 2 aromatic rings. The lowest BCUT2D eigenvalue weighted by Crippen LogP contribution is -2.14. The fraction of sp³-hybridized carbons (Fsp3) is 0.182. The number of benzene rings is 1. The molecular weight excluding hydrogens is 270 g/mol. The SMILES string of the molecule is Cc1cnc(NS(=O)(=O)c2cc(N)ccc2C)s1. The highest BCUT2D eigenvalue weighted by molar-refractivity contribution is 7.93. The van der Waals surface area contributed by atoms with Gasteiger partial charge >= 0.3 is 0 Å². The average Bonchev–Trinajstić information content (AvgIpc) is 2.66. The Labute approximate surface area is 110 Å². The summed E-state index contributed by atoms with van der Waals surface area (Å²) in [4.78, 5) is 5.09. The maximum atomic E-state index is 12.2. The molecule has 2 rings (SSSR count). The van der Waals surface area contributed by atoms with Crippen molar-refractivity contribution in [1.29, 1.82) is 0 Å². The quantitative estimate of drug-likeness (QED) is 0.845. The number of aromatic nitrogens is 1. The predicted molar refractivity (Wildman–Crippen MR) is 73.3 cm³/mol. The van der Waals surface area contributed by atoms with Crippen molar-refractivity contribution in [3.63, 3.8) is 0 Å². The maximum Gasteiger partial charge on any atom is 0.264 e. The van der Waals surface area contributed by atoms with Gasteiger partial charge in [-0.05, 0) is 31.5 Å². The molecule has 0 spiro atoms. The van der Waals surface area contributed by atoms with Gasteiger partial charge in [-0.25, -0.2) is 13.4 Å². The molecule has 96 valence electrons. The van der Waals surface area contributed by atoms with Gasteiger partial charge < -0.3 is 5.73 Å². The number of rotatable bonds is 3. The lowest BCUT2D eigenvalue weighted by atomic mass is 10.2. The molecule has 5 nitrogen and oxygen atoms in total. The number of hydrogen-bond acceptors (Lipinski definition) is 5. The minimum absolute atomic E-state index is 0.176.